The van der Waals surface area contributed by atoms with Gasteiger partial charge >= 0.3 is 0 Å². The van der Waals surface area contributed by atoms with Gasteiger partial charge in [0.25, 0.3) is 0 Å². The van der Waals surface area contributed by atoms with Gasteiger partial charge in [-0.25, -0.2) is 0 Å². The zero-order chi connectivity index (χ0) is 22.6. The minimum absolute atomic E-state index is 0.672. The molecule has 4 aromatic heterocycles. The molecule has 4 aromatic rings. The molecule has 33 heavy (non-hydrogen) atoms. The molecule has 0 bridgehead atoms. The lowest BCUT2D eigenvalue weighted by molar-refractivity contribution is 0.484. The first-order valence-corrected chi connectivity index (χ1v) is 10.9. The Morgan fingerprint density at radius 2 is 1.21 bits per heavy atom. The summed E-state index contributed by atoms with van der Waals surface area (Å²) in [6, 6.07) is 11.8. The number of aryl methyl sites for hydroxylation is 2. The summed E-state index contributed by atoms with van der Waals surface area (Å²) in [4.78, 5) is 17.4. The van der Waals surface area contributed by atoms with E-state index in [-0.39, 0.29) is 0 Å². The van der Waals surface area contributed by atoms with Gasteiger partial charge in [0.15, 0.2) is 0 Å². The van der Waals surface area contributed by atoms with E-state index in [4.69, 9.17) is 0 Å². The highest BCUT2D eigenvalue weighted by Gasteiger charge is 2.01. The van der Waals surface area contributed by atoms with Crippen LogP contribution in [0.2, 0.25) is 0 Å². The fraction of sp³-hybridized carbons (Fsp3) is 0.304. The van der Waals surface area contributed by atoms with Crippen LogP contribution in [-0.4, -0.2) is 65.5 Å². The summed E-state index contributed by atoms with van der Waals surface area (Å²) in [5, 5.41) is 16.6. The lowest BCUT2D eigenvalue weighted by atomic mass is 10.3. The maximum absolute atomic E-state index is 4.41. The summed E-state index contributed by atoms with van der Waals surface area (Å²) < 4.78 is 3.63. The number of aromatic nitrogens is 8. The molecule has 0 saturated heterocycles. The number of hydrogen-bond donors (Lipinski definition) is 0. The molecule has 0 aliphatic heterocycles. The van der Waals surface area contributed by atoms with Crippen molar-refractivity contribution in [2.45, 2.75) is 32.4 Å². The summed E-state index contributed by atoms with van der Waals surface area (Å²) in [7, 11) is 0. The average molecular weight is 443 g/mol. The van der Waals surface area contributed by atoms with Crippen LogP contribution in [0.1, 0.15) is 29.2 Å². The third kappa shape index (κ3) is 7.53. The maximum Gasteiger partial charge on any atom is 0.123 e. The van der Waals surface area contributed by atoms with Crippen molar-refractivity contribution < 1.29 is 0 Å². The molecule has 0 atom stereocenters. The van der Waals surface area contributed by atoms with Gasteiger partial charge in [-0.15, -0.1) is 10.2 Å². The van der Waals surface area contributed by atoms with Crippen LogP contribution in [0.25, 0.3) is 0 Å². The summed E-state index contributed by atoms with van der Waals surface area (Å²) in [5.41, 5.74) is 3.57. The molecule has 0 fully saturated rings. The molecule has 0 unspecified atom stereocenters. The van der Waals surface area contributed by atoms with Crippen molar-refractivity contribution in [2.24, 2.45) is 9.98 Å². The van der Waals surface area contributed by atoms with Crippen LogP contribution in [0.3, 0.4) is 0 Å². The van der Waals surface area contributed by atoms with E-state index in [1.165, 1.54) is 0 Å². The van der Waals surface area contributed by atoms with Crippen LogP contribution in [0.15, 0.2) is 71.2 Å². The number of nitrogens with zero attached hydrogens (tertiary/aromatic N) is 10. The van der Waals surface area contributed by atoms with Crippen molar-refractivity contribution in [2.75, 3.05) is 13.1 Å². The zero-order valence-corrected chi connectivity index (χ0v) is 18.4. The molecular formula is C23H26N10. The second kappa shape index (κ2) is 12.1. The molecule has 0 radical (unpaired) electrons. The predicted octanol–water partition coefficient (Wildman–Crippen LogP) is 2.07. The highest BCUT2D eigenvalue weighted by atomic mass is 15.4. The van der Waals surface area contributed by atoms with Crippen molar-refractivity contribution in [1.82, 2.24) is 40.0 Å². The molecule has 0 aliphatic rings. The van der Waals surface area contributed by atoms with Gasteiger partial charge in [-0.05, 0) is 30.7 Å². The smallest absolute Gasteiger partial charge is 0.123 e. The largest absolute Gasteiger partial charge is 0.290 e. The molecule has 10 nitrogen and oxygen atoms in total. The van der Waals surface area contributed by atoms with Crippen molar-refractivity contribution in [1.29, 1.82) is 0 Å². The van der Waals surface area contributed by atoms with E-state index in [2.05, 4.69) is 40.6 Å². The second-order valence-electron chi connectivity index (χ2n) is 7.38. The highest BCUT2D eigenvalue weighted by molar-refractivity contribution is 5.76. The van der Waals surface area contributed by atoms with Crippen LogP contribution in [0.5, 0.6) is 0 Å². The molecule has 0 aliphatic carbocycles. The van der Waals surface area contributed by atoms with E-state index in [1.54, 1.807) is 24.8 Å². The Bertz CT molecular complexity index is 1060. The summed E-state index contributed by atoms with van der Waals surface area (Å²) in [6.45, 7) is 2.82. The van der Waals surface area contributed by atoms with Gasteiger partial charge < -0.3 is 0 Å². The Hall–Kier alpha value is -4.08. The minimum atomic E-state index is 0.672. The molecule has 4 heterocycles. The quantitative estimate of drug-likeness (QED) is 0.311. The Morgan fingerprint density at radius 1 is 0.697 bits per heavy atom. The third-order valence-electron chi connectivity index (χ3n) is 4.78. The monoisotopic (exact) mass is 442 g/mol. The molecule has 168 valence electrons. The van der Waals surface area contributed by atoms with Gasteiger partial charge in [0, 0.05) is 62.8 Å². The number of pyridine rings is 2. The van der Waals surface area contributed by atoms with E-state index < -0.39 is 0 Å². The van der Waals surface area contributed by atoms with Gasteiger partial charge in [-0.2, -0.15) is 0 Å². The van der Waals surface area contributed by atoms with Gasteiger partial charge in [-0.1, -0.05) is 22.6 Å². The first-order valence-electron chi connectivity index (χ1n) is 10.9. The summed E-state index contributed by atoms with van der Waals surface area (Å²) >= 11 is 0. The maximum atomic E-state index is 4.41. The molecule has 4 rings (SSSR count). The van der Waals surface area contributed by atoms with E-state index in [9.17, 15) is 0 Å². The molecule has 0 aromatic carbocycles. The molecule has 10 heteroatoms. The minimum Gasteiger partial charge on any atom is -0.290 e. The van der Waals surface area contributed by atoms with E-state index >= 15 is 0 Å². The van der Waals surface area contributed by atoms with Crippen molar-refractivity contribution in [3.05, 3.63) is 84.0 Å². The third-order valence-corrected chi connectivity index (χ3v) is 4.78. The lowest BCUT2D eigenvalue weighted by Gasteiger charge is -2.00. The van der Waals surface area contributed by atoms with Crippen LogP contribution >= 0.6 is 0 Å². The predicted molar refractivity (Wildman–Crippen MR) is 125 cm³/mol. The average Bonchev–Trinajstić information content (AvgIpc) is 3.51. The fourth-order valence-corrected chi connectivity index (χ4v) is 3.12. The highest BCUT2D eigenvalue weighted by Crippen LogP contribution is 1.99. The molecule has 0 N–H and O–H groups in total. The Morgan fingerprint density at radius 3 is 1.67 bits per heavy atom. The van der Waals surface area contributed by atoms with Gasteiger partial charge in [0.05, 0.1) is 24.8 Å². The van der Waals surface area contributed by atoms with Gasteiger partial charge in [-0.3, -0.25) is 29.3 Å². The number of rotatable bonds is 12. The normalized spacial score (nSPS) is 11.6. The lowest BCUT2D eigenvalue weighted by Crippen LogP contribution is -2.05. The summed E-state index contributed by atoms with van der Waals surface area (Å²) in [5.74, 6) is 0. The summed E-state index contributed by atoms with van der Waals surface area (Å²) in [6.07, 6.45) is 13.4. The van der Waals surface area contributed by atoms with Crippen molar-refractivity contribution >= 4 is 12.4 Å². The van der Waals surface area contributed by atoms with Crippen LogP contribution < -0.4 is 0 Å². The van der Waals surface area contributed by atoms with Crippen LogP contribution in [0.4, 0.5) is 0 Å². The fourth-order valence-electron chi connectivity index (χ4n) is 3.12. The standard InChI is InChI=1S/C23H26N10/c1-3-10-26-20(6-1)8-12-24-16-22-18-32(30-28-22)14-5-15-33-19-23(29-31-33)17-25-13-9-21-7-2-4-11-27-21/h1-4,6-7,10-11,16-19H,5,8-9,12-15H2. The van der Waals surface area contributed by atoms with E-state index in [0.717, 1.165) is 55.1 Å². The van der Waals surface area contributed by atoms with Crippen molar-refractivity contribution in [3.8, 4) is 0 Å². The molecular weight excluding hydrogens is 416 g/mol. The first-order chi connectivity index (χ1) is 16.3. The zero-order valence-electron chi connectivity index (χ0n) is 18.4. The van der Waals surface area contributed by atoms with E-state index in [0.29, 0.717) is 13.1 Å². The molecule has 0 amide bonds. The Balaban J connectivity index is 1.14. The van der Waals surface area contributed by atoms with Crippen LogP contribution in [-0.2, 0) is 25.9 Å². The van der Waals surface area contributed by atoms with Gasteiger partial charge in [0.2, 0.25) is 0 Å². The molecule has 0 saturated carbocycles. The molecule has 0 spiro atoms. The second-order valence-corrected chi connectivity index (χ2v) is 7.38. The Kier molecular flexibility index (Phi) is 8.10. The Labute approximate surface area is 192 Å². The van der Waals surface area contributed by atoms with E-state index in [1.807, 2.05) is 58.2 Å². The van der Waals surface area contributed by atoms with Crippen molar-refractivity contribution in [3.63, 3.8) is 0 Å². The van der Waals surface area contributed by atoms with Crippen LogP contribution in [0, 0.1) is 0 Å². The van der Waals surface area contributed by atoms with Gasteiger partial charge in [0.1, 0.15) is 11.4 Å². The first kappa shape index (κ1) is 22.1. The SMILES string of the molecule is C(=NCCc1ccccn1)c1cn(CCCn2cc(C=NCCc3ccccn3)nn2)nn1. The topological polar surface area (TPSA) is 112 Å². The number of aliphatic imine (C=N–C) groups is 2. The number of hydrogen-bond acceptors (Lipinski definition) is 8.